The summed E-state index contributed by atoms with van der Waals surface area (Å²) >= 11 is 0. The lowest BCUT2D eigenvalue weighted by Crippen LogP contribution is -2.37. The standard InChI is InChI=1S/C22H27FN2O.C2HF3O2/c1-15-3-5-16(6-4-15)18-9-12-21(23)19(13-18)14-25-22(26)17-7-10-20(24-2)11-8-17;3-2(4,5)1(6)7/h3-6,9,12-13,17,20,24H,7-8,10-11,14H2,1-2H3,(H,25,26);(H,6,7). The van der Waals surface area contributed by atoms with Crippen LogP contribution in [-0.2, 0) is 16.1 Å². The Morgan fingerprint density at radius 1 is 1.00 bits per heavy atom. The van der Waals surface area contributed by atoms with Gasteiger partial charge in [0.25, 0.3) is 0 Å². The molecule has 3 N–H and O–H groups in total. The number of benzene rings is 2. The van der Waals surface area contributed by atoms with Gasteiger partial charge in [-0.15, -0.1) is 0 Å². The van der Waals surface area contributed by atoms with Crippen LogP contribution in [0.1, 0.15) is 36.8 Å². The summed E-state index contributed by atoms with van der Waals surface area (Å²) in [5.41, 5.74) is 3.73. The summed E-state index contributed by atoms with van der Waals surface area (Å²) in [6.45, 7) is 2.27. The Kier molecular flexibility index (Phi) is 9.40. The first-order valence-corrected chi connectivity index (χ1v) is 10.6. The number of carboxylic acids is 1. The minimum atomic E-state index is -5.08. The molecule has 9 heteroatoms. The molecule has 1 fully saturated rings. The molecule has 0 aliphatic heterocycles. The largest absolute Gasteiger partial charge is 0.490 e. The van der Waals surface area contributed by atoms with E-state index in [0.717, 1.165) is 36.8 Å². The normalized spacial score (nSPS) is 18.1. The van der Waals surface area contributed by atoms with Gasteiger partial charge in [0.2, 0.25) is 5.91 Å². The van der Waals surface area contributed by atoms with Gasteiger partial charge < -0.3 is 15.7 Å². The van der Waals surface area contributed by atoms with E-state index < -0.39 is 12.1 Å². The van der Waals surface area contributed by atoms with E-state index in [1.54, 1.807) is 6.07 Å². The van der Waals surface area contributed by atoms with Gasteiger partial charge in [0.15, 0.2) is 0 Å². The second kappa shape index (κ2) is 11.8. The molecule has 0 spiro atoms. The van der Waals surface area contributed by atoms with Crippen LogP contribution in [0.3, 0.4) is 0 Å². The van der Waals surface area contributed by atoms with E-state index in [2.05, 4.69) is 10.6 Å². The average molecular weight is 468 g/mol. The summed E-state index contributed by atoms with van der Waals surface area (Å²) in [5, 5.41) is 13.3. The van der Waals surface area contributed by atoms with E-state index in [1.165, 1.54) is 11.6 Å². The van der Waals surface area contributed by atoms with Crippen molar-refractivity contribution in [1.82, 2.24) is 10.6 Å². The van der Waals surface area contributed by atoms with Crippen molar-refractivity contribution in [3.8, 4) is 11.1 Å². The van der Waals surface area contributed by atoms with Gasteiger partial charge in [-0.1, -0.05) is 35.9 Å². The van der Waals surface area contributed by atoms with E-state index in [4.69, 9.17) is 9.90 Å². The summed E-state index contributed by atoms with van der Waals surface area (Å²) in [6.07, 6.45) is -1.26. The number of hydrogen-bond donors (Lipinski definition) is 3. The van der Waals surface area contributed by atoms with Crippen LogP contribution in [0.25, 0.3) is 11.1 Å². The predicted molar refractivity (Wildman–Crippen MR) is 117 cm³/mol. The lowest BCUT2D eigenvalue weighted by Gasteiger charge is -2.27. The van der Waals surface area contributed by atoms with Gasteiger partial charge in [0.05, 0.1) is 0 Å². The summed E-state index contributed by atoms with van der Waals surface area (Å²) in [6, 6.07) is 13.8. The number of carbonyl (C=O) groups is 2. The van der Waals surface area contributed by atoms with Crippen LogP contribution in [0.2, 0.25) is 0 Å². The van der Waals surface area contributed by atoms with Gasteiger partial charge in [-0.25, -0.2) is 9.18 Å². The number of hydrogen-bond acceptors (Lipinski definition) is 3. The van der Waals surface area contributed by atoms with Gasteiger partial charge in [-0.3, -0.25) is 4.79 Å². The Balaban J connectivity index is 0.000000479. The van der Waals surface area contributed by atoms with Crippen molar-refractivity contribution in [2.45, 2.75) is 51.4 Å². The fraction of sp³-hybridized carbons (Fsp3) is 0.417. The third-order valence-corrected chi connectivity index (χ3v) is 5.63. The number of amides is 1. The number of nitrogens with one attached hydrogen (secondary N) is 2. The molecule has 0 saturated heterocycles. The monoisotopic (exact) mass is 468 g/mol. The average Bonchev–Trinajstić information content (AvgIpc) is 2.79. The maximum atomic E-state index is 14.2. The number of carbonyl (C=O) groups excluding carboxylic acids is 1. The fourth-order valence-electron chi connectivity index (χ4n) is 3.61. The van der Waals surface area contributed by atoms with Gasteiger partial charge in [0.1, 0.15) is 5.82 Å². The predicted octanol–water partition coefficient (Wildman–Crippen LogP) is 4.83. The smallest absolute Gasteiger partial charge is 0.475 e. The van der Waals surface area contributed by atoms with E-state index >= 15 is 0 Å². The zero-order valence-electron chi connectivity index (χ0n) is 18.5. The molecule has 0 heterocycles. The second-order valence-electron chi connectivity index (χ2n) is 8.03. The van der Waals surface area contributed by atoms with E-state index in [-0.39, 0.29) is 24.2 Å². The molecule has 33 heavy (non-hydrogen) atoms. The third-order valence-electron chi connectivity index (χ3n) is 5.63. The molecule has 2 aromatic rings. The molecule has 0 aromatic heterocycles. The molecule has 0 unspecified atom stereocenters. The number of rotatable bonds is 5. The van der Waals surface area contributed by atoms with Gasteiger partial charge in [-0.05, 0) is 62.9 Å². The minimum Gasteiger partial charge on any atom is -0.475 e. The molecular formula is C24H28F4N2O3. The molecule has 1 aliphatic rings. The van der Waals surface area contributed by atoms with Crippen molar-refractivity contribution < 1.29 is 32.3 Å². The third kappa shape index (κ3) is 8.16. The molecule has 5 nitrogen and oxygen atoms in total. The molecule has 0 atom stereocenters. The Morgan fingerprint density at radius 3 is 2.06 bits per heavy atom. The summed E-state index contributed by atoms with van der Waals surface area (Å²) in [4.78, 5) is 21.3. The number of alkyl halides is 3. The fourth-order valence-corrected chi connectivity index (χ4v) is 3.61. The van der Waals surface area contributed by atoms with Gasteiger partial charge >= 0.3 is 12.1 Å². The van der Waals surface area contributed by atoms with E-state index in [0.29, 0.717) is 11.6 Å². The molecule has 2 aromatic carbocycles. The lowest BCUT2D eigenvalue weighted by molar-refractivity contribution is -0.192. The SMILES string of the molecule is CNC1CCC(C(=O)NCc2cc(-c3ccc(C)cc3)ccc2F)CC1.O=C(O)C(F)(F)F. The molecule has 3 rings (SSSR count). The highest BCUT2D eigenvalue weighted by atomic mass is 19.4. The first-order chi connectivity index (χ1) is 15.5. The van der Waals surface area contributed by atoms with Crippen molar-refractivity contribution in [2.75, 3.05) is 7.05 Å². The summed E-state index contributed by atoms with van der Waals surface area (Å²) < 4.78 is 45.9. The maximum Gasteiger partial charge on any atom is 0.490 e. The topological polar surface area (TPSA) is 78.4 Å². The van der Waals surface area contributed by atoms with Crippen molar-refractivity contribution in [3.63, 3.8) is 0 Å². The first kappa shape index (κ1) is 26.3. The number of aryl methyl sites for hydroxylation is 1. The highest BCUT2D eigenvalue weighted by molar-refractivity contribution is 5.78. The van der Waals surface area contributed by atoms with Crippen molar-refractivity contribution >= 4 is 11.9 Å². The summed E-state index contributed by atoms with van der Waals surface area (Å²) in [7, 11) is 1.97. The highest BCUT2D eigenvalue weighted by Gasteiger charge is 2.38. The van der Waals surface area contributed by atoms with Gasteiger partial charge in [-0.2, -0.15) is 13.2 Å². The second-order valence-corrected chi connectivity index (χ2v) is 8.03. The van der Waals surface area contributed by atoms with E-state index in [9.17, 15) is 22.4 Å². The van der Waals surface area contributed by atoms with Gasteiger partial charge in [0, 0.05) is 24.1 Å². The summed E-state index contributed by atoms with van der Waals surface area (Å²) in [5.74, 6) is -2.95. The Bertz CT molecular complexity index is 938. The quantitative estimate of drug-likeness (QED) is 0.550. The molecule has 0 radical (unpaired) electrons. The van der Waals surface area contributed by atoms with Crippen LogP contribution in [-0.4, -0.2) is 36.2 Å². The van der Waals surface area contributed by atoms with Crippen molar-refractivity contribution in [1.29, 1.82) is 0 Å². The van der Waals surface area contributed by atoms with Crippen LogP contribution < -0.4 is 10.6 Å². The number of carboxylic acid groups (broad SMARTS) is 1. The Hall–Kier alpha value is -2.94. The van der Waals surface area contributed by atoms with Crippen LogP contribution in [0, 0.1) is 18.7 Å². The Morgan fingerprint density at radius 2 is 1.55 bits per heavy atom. The zero-order chi connectivity index (χ0) is 24.6. The molecule has 180 valence electrons. The minimum absolute atomic E-state index is 0.0414. The lowest BCUT2D eigenvalue weighted by atomic mass is 9.85. The first-order valence-electron chi connectivity index (χ1n) is 10.6. The molecule has 1 amide bonds. The maximum absolute atomic E-state index is 14.2. The molecular weight excluding hydrogens is 440 g/mol. The van der Waals surface area contributed by atoms with Crippen LogP contribution >= 0.6 is 0 Å². The zero-order valence-corrected chi connectivity index (χ0v) is 18.5. The van der Waals surface area contributed by atoms with Crippen molar-refractivity contribution in [3.05, 3.63) is 59.4 Å². The number of halogens is 4. The Labute approximate surface area is 190 Å². The molecule has 1 aliphatic carbocycles. The number of aliphatic carboxylic acids is 1. The van der Waals surface area contributed by atoms with E-state index in [1.807, 2.05) is 44.3 Å². The van der Waals surface area contributed by atoms with Crippen LogP contribution in [0.15, 0.2) is 42.5 Å². The molecule has 1 saturated carbocycles. The van der Waals surface area contributed by atoms with Crippen molar-refractivity contribution in [2.24, 2.45) is 5.92 Å². The highest BCUT2D eigenvalue weighted by Crippen LogP contribution is 2.25. The molecule has 0 bridgehead atoms. The van der Waals surface area contributed by atoms with Crippen LogP contribution in [0.4, 0.5) is 17.6 Å². The van der Waals surface area contributed by atoms with Crippen LogP contribution in [0.5, 0.6) is 0 Å².